The number of rotatable bonds is 3. The lowest BCUT2D eigenvalue weighted by Gasteiger charge is -2.34. The summed E-state index contributed by atoms with van der Waals surface area (Å²) in [5, 5.41) is 9.65. The van der Waals surface area contributed by atoms with Crippen molar-refractivity contribution in [2.24, 2.45) is 5.92 Å². The van der Waals surface area contributed by atoms with Crippen molar-refractivity contribution in [1.82, 2.24) is 8.43 Å². The molecule has 0 bridgehead atoms. The third-order valence-corrected chi connectivity index (χ3v) is 3.23. The van der Waals surface area contributed by atoms with Gasteiger partial charge in [0.15, 0.2) is 0 Å². The Hall–Kier alpha value is 0.120. The molecule has 1 saturated heterocycles. The van der Waals surface area contributed by atoms with Crippen molar-refractivity contribution in [1.29, 1.82) is 0 Å². The second-order valence-corrected chi connectivity index (χ2v) is 4.22. The third kappa shape index (κ3) is 3.06. The standard InChI is InChI=1S/C9H17IN2O2/c1-2-8(13)12-5-3-4-7(6-12)9(14)11-10/h7-8,13H,2-6H2,1H3,(H,11,14). The molecule has 1 rings (SSSR count). The van der Waals surface area contributed by atoms with Crippen LogP contribution in [0.15, 0.2) is 0 Å². The van der Waals surface area contributed by atoms with Gasteiger partial charge in [-0.2, -0.15) is 0 Å². The van der Waals surface area contributed by atoms with E-state index in [1.807, 2.05) is 34.7 Å². The summed E-state index contributed by atoms with van der Waals surface area (Å²) in [4.78, 5) is 13.4. The molecule has 1 fully saturated rings. The molecule has 14 heavy (non-hydrogen) atoms. The fourth-order valence-electron chi connectivity index (χ4n) is 1.83. The molecule has 4 nitrogen and oxygen atoms in total. The van der Waals surface area contributed by atoms with Gasteiger partial charge in [0.1, 0.15) is 6.23 Å². The first kappa shape index (κ1) is 12.2. The maximum atomic E-state index is 11.4. The molecule has 2 atom stereocenters. The van der Waals surface area contributed by atoms with Crippen LogP contribution in [-0.4, -0.2) is 35.2 Å². The van der Waals surface area contributed by atoms with Crippen LogP contribution in [0.4, 0.5) is 0 Å². The van der Waals surface area contributed by atoms with Crippen LogP contribution in [0.25, 0.3) is 0 Å². The number of hydrogen-bond acceptors (Lipinski definition) is 3. The lowest BCUT2D eigenvalue weighted by molar-refractivity contribution is -0.126. The molecule has 0 aromatic heterocycles. The highest BCUT2D eigenvalue weighted by atomic mass is 127. The van der Waals surface area contributed by atoms with Gasteiger partial charge in [0, 0.05) is 13.1 Å². The number of aliphatic hydroxyl groups excluding tert-OH is 1. The van der Waals surface area contributed by atoms with Crippen molar-refractivity contribution >= 4 is 28.8 Å². The number of halogens is 1. The fourth-order valence-corrected chi connectivity index (χ4v) is 2.27. The summed E-state index contributed by atoms with van der Waals surface area (Å²) in [5.74, 6) is 0.125. The summed E-state index contributed by atoms with van der Waals surface area (Å²) in [6.45, 7) is 3.54. The second-order valence-electron chi connectivity index (χ2n) is 3.68. The second kappa shape index (κ2) is 5.87. The molecule has 5 heteroatoms. The van der Waals surface area contributed by atoms with Crippen molar-refractivity contribution in [3.05, 3.63) is 0 Å². The van der Waals surface area contributed by atoms with Crippen LogP contribution in [0.3, 0.4) is 0 Å². The van der Waals surface area contributed by atoms with E-state index in [9.17, 15) is 9.90 Å². The number of amides is 1. The molecule has 82 valence electrons. The topological polar surface area (TPSA) is 52.6 Å². The first-order valence-electron chi connectivity index (χ1n) is 5.01. The first-order chi connectivity index (χ1) is 6.69. The summed E-state index contributed by atoms with van der Waals surface area (Å²) in [6.07, 6.45) is 2.26. The van der Waals surface area contributed by atoms with Crippen molar-refractivity contribution in [3.63, 3.8) is 0 Å². The number of aliphatic hydroxyl groups is 1. The van der Waals surface area contributed by atoms with E-state index in [4.69, 9.17) is 0 Å². The lowest BCUT2D eigenvalue weighted by Crippen LogP contribution is -2.45. The number of nitrogens with one attached hydrogen (secondary N) is 1. The van der Waals surface area contributed by atoms with Gasteiger partial charge >= 0.3 is 0 Å². The van der Waals surface area contributed by atoms with Gasteiger partial charge in [0.25, 0.3) is 0 Å². The predicted molar refractivity (Wildman–Crippen MR) is 62.8 cm³/mol. The molecule has 1 amide bonds. The zero-order chi connectivity index (χ0) is 10.6. The monoisotopic (exact) mass is 312 g/mol. The minimum Gasteiger partial charge on any atom is -0.378 e. The van der Waals surface area contributed by atoms with E-state index in [0.717, 1.165) is 25.8 Å². The van der Waals surface area contributed by atoms with E-state index in [1.54, 1.807) is 0 Å². The summed E-state index contributed by atoms with van der Waals surface area (Å²) in [6, 6.07) is 0. The molecule has 0 saturated carbocycles. The van der Waals surface area contributed by atoms with Crippen molar-refractivity contribution in [2.45, 2.75) is 32.4 Å². The van der Waals surface area contributed by atoms with Crippen molar-refractivity contribution in [3.8, 4) is 0 Å². The minimum atomic E-state index is -0.389. The van der Waals surface area contributed by atoms with Crippen LogP contribution in [0, 0.1) is 5.92 Å². The molecule has 1 heterocycles. The number of nitrogens with zero attached hydrogens (tertiary/aromatic N) is 1. The van der Waals surface area contributed by atoms with Crippen LogP contribution >= 0.6 is 22.9 Å². The lowest BCUT2D eigenvalue weighted by atomic mass is 9.97. The number of carbonyl (C=O) groups excluding carboxylic acids is 1. The van der Waals surface area contributed by atoms with Crippen LogP contribution in [-0.2, 0) is 4.79 Å². The molecule has 1 aliphatic rings. The number of hydrogen-bond donors (Lipinski definition) is 2. The van der Waals surface area contributed by atoms with Gasteiger partial charge in [-0.3, -0.25) is 13.2 Å². The molecule has 0 aliphatic carbocycles. The number of likely N-dealkylation sites (tertiary alicyclic amines) is 1. The average molecular weight is 312 g/mol. The van der Waals surface area contributed by atoms with Crippen LogP contribution in [0.1, 0.15) is 26.2 Å². The zero-order valence-corrected chi connectivity index (χ0v) is 10.5. The highest BCUT2D eigenvalue weighted by Crippen LogP contribution is 2.19. The molecule has 1 aliphatic heterocycles. The Balaban J connectivity index is 2.47. The van der Waals surface area contributed by atoms with E-state index in [0.29, 0.717) is 6.54 Å². The Labute approximate surface area is 98.5 Å². The molecular formula is C9H17IN2O2. The Morgan fingerprint density at radius 2 is 2.50 bits per heavy atom. The van der Waals surface area contributed by atoms with Crippen LogP contribution in [0.2, 0.25) is 0 Å². The van der Waals surface area contributed by atoms with Gasteiger partial charge in [0.2, 0.25) is 5.91 Å². The zero-order valence-electron chi connectivity index (χ0n) is 8.37. The highest BCUT2D eigenvalue weighted by molar-refractivity contribution is 14.1. The Morgan fingerprint density at radius 3 is 3.07 bits per heavy atom. The summed E-state index contributed by atoms with van der Waals surface area (Å²) < 4.78 is 2.63. The van der Waals surface area contributed by atoms with Crippen LogP contribution < -0.4 is 3.53 Å². The summed E-state index contributed by atoms with van der Waals surface area (Å²) in [5.41, 5.74) is 0. The molecule has 2 N–H and O–H groups in total. The Bertz CT molecular complexity index is 201. The summed E-state index contributed by atoms with van der Waals surface area (Å²) in [7, 11) is 0. The van der Waals surface area contributed by atoms with Crippen LogP contribution in [0.5, 0.6) is 0 Å². The minimum absolute atomic E-state index is 0.0434. The van der Waals surface area contributed by atoms with E-state index >= 15 is 0 Å². The fraction of sp³-hybridized carbons (Fsp3) is 0.889. The van der Waals surface area contributed by atoms with Gasteiger partial charge in [-0.1, -0.05) is 6.92 Å². The van der Waals surface area contributed by atoms with Gasteiger partial charge < -0.3 is 5.11 Å². The average Bonchev–Trinajstić information content (AvgIpc) is 2.27. The highest BCUT2D eigenvalue weighted by Gasteiger charge is 2.27. The predicted octanol–water partition coefficient (Wildman–Crippen LogP) is 0.893. The van der Waals surface area contributed by atoms with Gasteiger partial charge in [-0.25, -0.2) is 0 Å². The molecule has 0 aromatic carbocycles. The Kier molecular flexibility index (Phi) is 5.11. The van der Waals surface area contributed by atoms with Crippen molar-refractivity contribution in [2.75, 3.05) is 13.1 Å². The SMILES string of the molecule is CCC(O)N1CCCC(C(=O)NI)C1. The Morgan fingerprint density at radius 1 is 1.79 bits per heavy atom. The van der Waals surface area contributed by atoms with Gasteiger partial charge in [-0.15, -0.1) is 0 Å². The molecule has 2 unspecified atom stereocenters. The smallest absolute Gasteiger partial charge is 0.233 e. The van der Waals surface area contributed by atoms with Gasteiger partial charge in [-0.05, 0) is 19.3 Å². The van der Waals surface area contributed by atoms with E-state index in [1.165, 1.54) is 0 Å². The number of carbonyl (C=O) groups is 1. The quantitative estimate of drug-likeness (QED) is 0.601. The third-order valence-electron chi connectivity index (χ3n) is 2.70. The number of piperidine rings is 1. The molecule has 0 aromatic rings. The van der Waals surface area contributed by atoms with E-state index in [2.05, 4.69) is 3.53 Å². The summed E-state index contributed by atoms with van der Waals surface area (Å²) >= 11 is 1.87. The van der Waals surface area contributed by atoms with Crippen molar-refractivity contribution < 1.29 is 9.90 Å². The molecular weight excluding hydrogens is 295 g/mol. The van der Waals surface area contributed by atoms with E-state index < -0.39 is 0 Å². The first-order valence-corrected chi connectivity index (χ1v) is 6.09. The normalized spacial score (nSPS) is 25.8. The largest absolute Gasteiger partial charge is 0.378 e. The van der Waals surface area contributed by atoms with E-state index in [-0.39, 0.29) is 18.1 Å². The maximum absolute atomic E-state index is 11.4. The molecule has 0 spiro atoms. The molecule has 0 radical (unpaired) electrons. The van der Waals surface area contributed by atoms with Gasteiger partial charge in [0.05, 0.1) is 28.8 Å². The maximum Gasteiger partial charge on any atom is 0.233 e.